The molecule has 0 atom stereocenters. The van der Waals surface area contributed by atoms with Crippen molar-refractivity contribution in [2.24, 2.45) is 0 Å². The molecule has 0 aliphatic carbocycles. The fourth-order valence-electron chi connectivity index (χ4n) is 1.36. The summed E-state index contributed by atoms with van der Waals surface area (Å²) in [5.74, 6) is -0.916. The lowest BCUT2D eigenvalue weighted by atomic mass is 10.0. The molecule has 0 saturated heterocycles. The molecule has 0 unspecified atom stereocenters. The Kier molecular flexibility index (Phi) is 6.71. The first-order chi connectivity index (χ1) is 6.75. The summed E-state index contributed by atoms with van der Waals surface area (Å²) in [6.45, 7) is -0.338. The Balaban J connectivity index is 0.00000196. The van der Waals surface area contributed by atoms with Gasteiger partial charge in [0, 0.05) is 0 Å². The summed E-state index contributed by atoms with van der Waals surface area (Å²) in [6.07, 6.45) is 1.82. The van der Waals surface area contributed by atoms with Crippen molar-refractivity contribution >= 4 is 18.4 Å². The van der Waals surface area contributed by atoms with Crippen LogP contribution in [0.2, 0.25) is 0 Å². The molecule has 1 aromatic carbocycles. The van der Waals surface area contributed by atoms with Crippen LogP contribution in [0.1, 0.15) is 28.8 Å². The van der Waals surface area contributed by atoms with Gasteiger partial charge in [0.25, 0.3) is 0 Å². The highest BCUT2D eigenvalue weighted by molar-refractivity contribution is 5.89. The van der Waals surface area contributed by atoms with Gasteiger partial charge in [0.1, 0.15) is 0 Å². The van der Waals surface area contributed by atoms with Gasteiger partial charge in [-0.15, -0.1) is 12.4 Å². The van der Waals surface area contributed by atoms with E-state index in [0.29, 0.717) is 24.8 Å². The lowest BCUT2D eigenvalue weighted by Gasteiger charge is -2.04. The highest BCUT2D eigenvalue weighted by Crippen LogP contribution is 2.12. The van der Waals surface area contributed by atoms with Crippen molar-refractivity contribution in [1.29, 1.82) is 0 Å². The van der Waals surface area contributed by atoms with Gasteiger partial charge in [-0.2, -0.15) is 0 Å². The second-order valence-corrected chi connectivity index (χ2v) is 3.11. The summed E-state index contributed by atoms with van der Waals surface area (Å²) in [5.41, 5.74) is 1.11. The van der Waals surface area contributed by atoms with Gasteiger partial charge in [0.2, 0.25) is 0 Å². The van der Waals surface area contributed by atoms with Gasteiger partial charge in [-0.25, -0.2) is 4.79 Å². The molecule has 0 spiro atoms. The van der Waals surface area contributed by atoms with E-state index >= 15 is 0 Å². The van der Waals surface area contributed by atoms with Gasteiger partial charge in [-0.1, -0.05) is 18.2 Å². The van der Waals surface area contributed by atoms with E-state index in [4.69, 9.17) is 5.11 Å². The Morgan fingerprint density at radius 1 is 1.27 bits per heavy atom. The highest BCUT2D eigenvalue weighted by Gasteiger charge is 2.07. The van der Waals surface area contributed by atoms with E-state index < -0.39 is 5.97 Å². The van der Waals surface area contributed by atoms with Gasteiger partial charge >= 0.3 is 5.97 Å². The Bertz CT molecular complexity index is 315. The Morgan fingerprint density at radius 3 is 2.53 bits per heavy atom. The number of unbranched alkanes of at least 4 members (excludes halogenated alkanes) is 1. The topological polar surface area (TPSA) is 37.3 Å². The molecule has 0 aromatic heterocycles. The number of aromatic carboxylic acids is 1. The van der Waals surface area contributed by atoms with Crippen LogP contribution >= 0.6 is 12.4 Å². The molecule has 0 fully saturated rings. The van der Waals surface area contributed by atoms with E-state index in [9.17, 15) is 9.18 Å². The zero-order chi connectivity index (χ0) is 10.4. The number of alkyl halides is 1. The first-order valence-electron chi connectivity index (χ1n) is 4.63. The summed E-state index contributed by atoms with van der Waals surface area (Å²) >= 11 is 0. The second-order valence-electron chi connectivity index (χ2n) is 3.11. The molecule has 0 aliphatic heterocycles. The van der Waals surface area contributed by atoms with Gasteiger partial charge in [0.15, 0.2) is 0 Å². The molecule has 1 N–H and O–H groups in total. The van der Waals surface area contributed by atoms with Crippen molar-refractivity contribution in [3.63, 3.8) is 0 Å². The van der Waals surface area contributed by atoms with Crippen molar-refractivity contribution in [3.05, 3.63) is 35.4 Å². The molecule has 0 heterocycles. The maximum Gasteiger partial charge on any atom is 0.335 e. The molecule has 15 heavy (non-hydrogen) atoms. The number of hydrogen-bond acceptors (Lipinski definition) is 1. The highest BCUT2D eigenvalue weighted by atomic mass is 35.5. The van der Waals surface area contributed by atoms with E-state index in [2.05, 4.69) is 0 Å². The normalized spacial score (nSPS) is 9.40. The van der Waals surface area contributed by atoms with Crippen LogP contribution in [0, 0.1) is 0 Å². The molecule has 0 aliphatic rings. The van der Waals surface area contributed by atoms with Gasteiger partial charge in [-0.3, -0.25) is 4.39 Å². The average Bonchev–Trinajstić information content (AvgIpc) is 2.19. The van der Waals surface area contributed by atoms with Crippen LogP contribution in [-0.2, 0) is 6.42 Å². The molecule has 0 saturated carbocycles. The zero-order valence-electron chi connectivity index (χ0n) is 8.28. The Hall–Kier alpha value is -1.09. The van der Waals surface area contributed by atoms with Crippen LogP contribution in [0.5, 0.6) is 0 Å². The maximum absolute atomic E-state index is 11.8. The minimum atomic E-state index is -0.916. The monoisotopic (exact) mass is 232 g/mol. The van der Waals surface area contributed by atoms with Gasteiger partial charge < -0.3 is 5.11 Å². The minimum Gasteiger partial charge on any atom is -0.478 e. The second kappa shape index (κ2) is 7.23. The van der Waals surface area contributed by atoms with Crippen molar-refractivity contribution in [2.45, 2.75) is 19.3 Å². The summed E-state index contributed by atoms with van der Waals surface area (Å²) in [6, 6.07) is 6.86. The van der Waals surface area contributed by atoms with Crippen LogP contribution in [0.15, 0.2) is 24.3 Å². The van der Waals surface area contributed by atoms with Crippen molar-refractivity contribution < 1.29 is 14.3 Å². The third-order valence-electron chi connectivity index (χ3n) is 2.08. The van der Waals surface area contributed by atoms with Crippen LogP contribution in [-0.4, -0.2) is 17.8 Å². The van der Waals surface area contributed by atoms with Gasteiger partial charge in [0.05, 0.1) is 12.2 Å². The molecule has 1 aromatic rings. The number of aryl methyl sites for hydroxylation is 1. The summed E-state index contributed by atoms with van der Waals surface area (Å²) in [4.78, 5) is 10.8. The number of carbonyl (C=O) groups is 1. The van der Waals surface area contributed by atoms with E-state index in [-0.39, 0.29) is 19.1 Å². The van der Waals surface area contributed by atoms with E-state index in [1.807, 2.05) is 0 Å². The molecule has 0 bridgehead atoms. The van der Waals surface area contributed by atoms with E-state index in [0.717, 1.165) is 5.56 Å². The molecule has 0 amide bonds. The Labute approximate surface area is 94.5 Å². The van der Waals surface area contributed by atoms with Crippen molar-refractivity contribution in [3.8, 4) is 0 Å². The maximum atomic E-state index is 11.8. The molecule has 2 nitrogen and oxygen atoms in total. The predicted octanol–water partition coefficient (Wildman–Crippen LogP) is 3.10. The minimum absolute atomic E-state index is 0. The molecule has 4 heteroatoms. The zero-order valence-corrected chi connectivity index (χ0v) is 9.10. The fraction of sp³-hybridized carbons (Fsp3) is 0.364. The van der Waals surface area contributed by atoms with Crippen LogP contribution < -0.4 is 0 Å². The van der Waals surface area contributed by atoms with Crippen LogP contribution in [0.4, 0.5) is 4.39 Å². The van der Waals surface area contributed by atoms with Gasteiger partial charge in [-0.05, 0) is 30.9 Å². The van der Waals surface area contributed by atoms with E-state index in [1.54, 1.807) is 24.3 Å². The van der Waals surface area contributed by atoms with Crippen LogP contribution in [0.25, 0.3) is 0 Å². The SMILES string of the molecule is Cl.O=C(O)c1ccccc1CCCCF. The first-order valence-corrected chi connectivity index (χ1v) is 4.63. The quantitative estimate of drug-likeness (QED) is 0.792. The van der Waals surface area contributed by atoms with Crippen LogP contribution in [0.3, 0.4) is 0 Å². The summed E-state index contributed by atoms with van der Waals surface area (Å²) in [7, 11) is 0. The molecule has 84 valence electrons. The third-order valence-corrected chi connectivity index (χ3v) is 2.08. The number of carboxylic acids is 1. The predicted molar refractivity (Wildman–Crippen MR) is 59.6 cm³/mol. The smallest absolute Gasteiger partial charge is 0.335 e. The van der Waals surface area contributed by atoms with E-state index in [1.165, 1.54) is 0 Å². The fourth-order valence-corrected chi connectivity index (χ4v) is 1.36. The number of hydrogen-bond donors (Lipinski definition) is 1. The summed E-state index contributed by atoms with van der Waals surface area (Å²) < 4.78 is 11.8. The number of benzene rings is 1. The number of halogens is 2. The molecule has 0 radical (unpaired) electrons. The third kappa shape index (κ3) is 4.30. The lowest BCUT2D eigenvalue weighted by molar-refractivity contribution is 0.0695. The molecular formula is C11H14ClFO2. The number of carboxylic acid groups (broad SMARTS) is 1. The number of rotatable bonds is 5. The van der Waals surface area contributed by atoms with Crippen molar-refractivity contribution in [1.82, 2.24) is 0 Å². The average molecular weight is 233 g/mol. The van der Waals surface area contributed by atoms with Crippen molar-refractivity contribution in [2.75, 3.05) is 6.67 Å². The summed E-state index contributed by atoms with van der Waals surface area (Å²) in [5, 5.41) is 8.85. The largest absolute Gasteiger partial charge is 0.478 e. The first kappa shape index (κ1) is 13.9. The Morgan fingerprint density at radius 2 is 1.93 bits per heavy atom. The lowest BCUT2D eigenvalue weighted by Crippen LogP contribution is -2.02. The molecule has 1 rings (SSSR count). The standard InChI is InChI=1S/C11H13FO2.ClH/c12-8-4-3-6-9-5-1-2-7-10(9)11(13)14;/h1-2,5,7H,3-4,6,8H2,(H,13,14);1H. The molecular weight excluding hydrogens is 219 g/mol.